The molecule has 0 aromatic heterocycles. The maximum absolute atomic E-state index is 13.4. The minimum atomic E-state index is -0.348. The van der Waals surface area contributed by atoms with Gasteiger partial charge in [0.25, 0.3) is 0 Å². The summed E-state index contributed by atoms with van der Waals surface area (Å²) >= 11 is 3.29. The average molecular weight is 324 g/mol. The van der Waals surface area contributed by atoms with E-state index >= 15 is 0 Å². The number of rotatable bonds is 5. The summed E-state index contributed by atoms with van der Waals surface area (Å²) in [6.45, 7) is 3.07. The maximum atomic E-state index is 13.4. The molecule has 1 N–H and O–H groups in total. The first-order valence-electron chi connectivity index (χ1n) is 6.04. The van der Waals surface area contributed by atoms with Crippen molar-refractivity contribution in [3.05, 3.63) is 58.3 Å². The normalized spacial score (nSPS) is 10.3. The van der Waals surface area contributed by atoms with Crippen molar-refractivity contribution in [2.75, 3.05) is 18.5 Å². The molecule has 100 valence electrons. The topological polar surface area (TPSA) is 21.3 Å². The van der Waals surface area contributed by atoms with Crippen molar-refractivity contribution in [1.29, 1.82) is 0 Å². The number of benzene rings is 2. The predicted molar refractivity (Wildman–Crippen MR) is 79.3 cm³/mol. The molecule has 2 aromatic rings. The largest absolute Gasteiger partial charge is 0.489 e. The highest BCUT2D eigenvalue weighted by molar-refractivity contribution is 9.10. The minimum absolute atomic E-state index is 0.265. The van der Waals surface area contributed by atoms with Gasteiger partial charge in [-0.1, -0.05) is 34.1 Å². The monoisotopic (exact) mass is 323 g/mol. The molecule has 0 aliphatic heterocycles. The number of aryl methyl sites for hydroxylation is 1. The van der Waals surface area contributed by atoms with E-state index in [4.69, 9.17) is 4.74 Å². The van der Waals surface area contributed by atoms with Crippen LogP contribution in [0.4, 0.5) is 10.1 Å². The van der Waals surface area contributed by atoms with Gasteiger partial charge in [0.05, 0.1) is 0 Å². The van der Waals surface area contributed by atoms with Gasteiger partial charge < -0.3 is 10.1 Å². The Morgan fingerprint density at radius 3 is 2.79 bits per heavy atom. The van der Waals surface area contributed by atoms with Crippen LogP contribution in [0.3, 0.4) is 0 Å². The summed E-state index contributed by atoms with van der Waals surface area (Å²) < 4.78 is 19.6. The average Bonchev–Trinajstić information content (AvgIpc) is 2.40. The molecule has 0 aliphatic carbocycles. The van der Waals surface area contributed by atoms with Gasteiger partial charge >= 0.3 is 0 Å². The minimum Gasteiger partial charge on any atom is -0.489 e. The molecular weight excluding hydrogens is 309 g/mol. The molecule has 0 fully saturated rings. The van der Waals surface area contributed by atoms with E-state index in [-0.39, 0.29) is 11.6 Å². The van der Waals surface area contributed by atoms with Crippen LogP contribution < -0.4 is 10.1 Å². The van der Waals surface area contributed by atoms with Gasteiger partial charge in [0.15, 0.2) is 11.6 Å². The van der Waals surface area contributed by atoms with Gasteiger partial charge in [0.1, 0.15) is 6.61 Å². The van der Waals surface area contributed by atoms with Crippen LogP contribution in [0.25, 0.3) is 0 Å². The molecule has 0 bridgehead atoms. The van der Waals surface area contributed by atoms with Crippen LogP contribution in [-0.2, 0) is 0 Å². The molecule has 0 saturated heterocycles. The molecular formula is C15H15BrFNO. The predicted octanol–water partition coefficient (Wildman–Crippen LogP) is 4.39. The summed E-state index contributed by atoms with van der Waals surface area (Å²) in [6, 6.07) is 12.7. The third kappa shape index (κ3) is 3.96. The molecule has 0 atom stereocenters. The van der Waals surface area contributed by atoms with E-state index < -0.39 is 0 Å². The summed E-state index contributed by atoms with van der Waals surface area (Å²) in [5, 5.41) is 3.26. The Kier molecular flexibility index (Phi) is 4.80. The highest BCUT2D eigenvalue weighted by atomic mass is 79.9. The van der Waals surface area contributed by atoms with Gasteiger partial charge in [-0.15, -0.1) is 0 Å². The lowest BCUT2D eigenvalue weighted by molar-refractivity contribution is 0.315. The Balaban J connectivity index is 1.84. The lowest BCUT2D eigenvalue weighted by Crippen LogP contribution is -2.12. The van der Waals surface area contributed by atoms with Crippen molar-refractivity contribution in [2.45, 2.75) is 6.92 Å². The van der Waals surface area contributed by atoms with Crippen LogP contribution in [0.15, 0.2) is 46.9 Å². The zero-order valence-electron chi connectivity index (χ0n) is 10.6. The molecule has 0 unspecified atom stereocenters. The second-order valence-corrected chi connectivity index (χ2v) is 5.08. The fourth-order valence-corrected chi connectivity index (χ4v) is 2.05. The van der Waals surface area contributed by atoms with Crippen LogP contribution >= 0.6 is 15.9 Å². The Hall–Kier alpha value is -1.55. The van der Waals surface area contributed by atoms with Gasteiger partial charge in [0, 0.05) is 16.7 Å². The van der Waals surface area contributed by atoms with Crippen LogP contribution in [0.1, 0.15) is 5.56 Å². The highest BCUT2D eigenvalue weighted by Gasteiger charge is 2.03. The molecule has 0 spiro atoms. The number of halogens is 2. The van der Waals surface area contributed by atoms with Crippen LogP contribution in [-0.4, -0.2) is 13.2 Å². The van der Waals surface area contributed by atoms with Crippen molar-refractivity contribution in [3.8, 4) is 5.75 Å². The first kappa shape index (κ1) is 13.9. The zero-order valence-corrected chi connectivity index (χ0v) is 12.2. The van der Waals surface area contributed by atoms with E-state index in [0.29, 0.717) is 13.2 Å². The van der Waals surface area contributed by atoms with Crippen molar-refractivity contribution in [1.82, 2.24) is 0 Å². The number of para-hydroxylation sites is 1. The Labute approximate surface area is 120 Å². The quantitative estimate of drug-likeness (QED) is 0.824. The second-order valence-electron chi connectivity index (χ2n) is 4.16. The highest BCUT2D eigenvalue weighted by Crippen LogP contribution is 2.22. The third-order valence-electron chi connectivity index (χ3n) is 2.71. The molecule has 2 aromatic carbocycles. The summed E-state index contributed by atoms with van der Waals surface area (Å²) in [5.74, 6) is -0.0833. The van der Waals surface area contributed by atoms with Gasteiger partial charge in [-0.3, -0.25) is 0 Å². The van der Waals surface area contributed by atoms with E-state index in [1.807, 2.05) is 31.2 Å². The summed E-state index contributed by atoms with van der Waals surface area (Å²) in [4.78, 5) is 0. The van der Waals surface area contributed by atoms with Gasteiger partial charge in [-0.05, 0) is 36.8 Å². The lowest BCUT2D eigenvalue weighted by Gasteiger charge is -2.11. The molecule has 19 heavy (non-hydrogen) atoms. The molecule has 0 aliphatic rings. The molecule has 0 amide bonds. The summed E-state index contributed by atoms with van der Waals surface area (Å²) in [7, 11) is 0. The molecule has 2 rings (SSSR count). The Morgan fingerprint density at radius 2 is 2.00 bits per heavy atom. The van der Waals surface area contributed by atoms with E-state index in [1.54, 1.807) is 12.1 Å². The number of anilines is 1. The van der Waals surface area contributed by atoms with Crippen molar-refractivity contribution < 1.29 is 9.13 Å². The van der Waals surface area contributed by atoms with Gasteiger partial charge in [0.2, 0.25) is 0 Å². The number of ether oxygens (including phenoxy) is 1. The fraction of sp³-hybridized carbons (Fsp3) is 0.200. The summed E-state index contributed by atoms with van der Waals surface area (Å²) in [5.41, 5.74) is 2.25. The molecule has 4 heteroatoms. The number of hydrogen-bond acceptors (Lipinski definition) is 2. The molecule has 0 heterocycles. The van der Waals surface area contributed by atoms with Crippen LogP contribution in [0.2, 0.25) is 0 Å². The third-order valence-corrected chi connectivity index (χ3v) is 3.21. The van der Waals surface area contributed by atoms with Crippen molar-refractivity contribution >= 4 is 21.6 Å². The standard InChI is InChI=1S/C15H15BrFNO/c1-11-4-2-3-5-14(11)18-8-9-19-15-10-12(16)6-7-13(15)17/h2-7,10,18H,8-9H2,1H3. The van der Waals surface area contributed by atoms with E-state index in [1.165, 1.54) is 11.6 Å². The smallest absolute Gasteiger partial charge is 0.165 e. The fourth-order valence-electron chi connectivity index (χ4n) is 1.71. The first-order valence-corrected chi connectivity index (χ1v) is 6.83. The maximum Gasteiger partial charge on any atom is 0.165 e. The van der Waals surface area contributed by atoms with Crippen LogP contribution in [0, 0.1) is 12.7 Å². The zero-order chi connectivity index (χ0) is 13.7. The van der Waals surface area contributed by atoms with E-state index in [9.17, 15) is 4.39 Å². The lowest BCUT2D eigenvalue weighted by atomic mass is 10.2. The molecule has 0 radical (unpaired) electrons. The summed E-state index contributed by atoms with van der Waals surface area (Å²) in [6.07, 6.45) is 0. The van der Waals surface area contributed by atoms with E-state index in [2.05, 4.69) is 21.2 Å². The molecule has 2 nitrogen and oxygen atoms in total. The second kappa shape index (κ2) is 6.57. The van der Waals surface area contributed by atoms with Crippen molar-refractivity contribution in [3.63, 3.8) is 0 Å². The SMILES string of the molecule is Cc1ccccc1NCCOc1cc(Br)ccc1F. The van der Waals surface area contributed by atoms with Crippen LogP contribution in [0.5, 0.6) is 5.75 Å². The Bertz CT molecular complexity index is 560. The number of hydrogen-bond donors (Lipinski definition) is 1. The Morgan fingerprint density at radius 1 is 1.21 bits per heavy atom. The van der Waals surface area contributed by atoms with Gasteiger partial charge in [-0.25, -0.2) is 4.39 Å². The number of nitrogens with one attached hydrogen (secondary N) is 1. The van der Waals surface area contributed by atoms with Crippen molar-refractivity contribution in [2.24, 2.45) is 0 Å². The van der Waals surface area contributed by atoms with E-state index in [0.717, 1.165) is 10.2 Å². The first-order chi connectivity index (χ1) is 9.16. The molecule has 0 saturated carbocycles. The van der Waals surface area contributed by atoms with Gasteiger partial charge in [-0.2, -0.15) is 0 Å².